The summed E-state index contributed by atoms with van der Waals surface area (Å²) in [5.74, 6) is 0.177. The van der Waals surface area contributed by atoms with Crippen molar-refractivity contribution in [1.82, 2.24) is 14.9 Å². The van der Waals surface area contributed by atoms with Gasteiger partial charge in [-0.25, -0.2) is 9.97 Å². The number of hydrogen-bond donors (Lipinski definition) is 0. The maximum Gasteiger partial charge on any atom is 0.232 e. The highest BCUT2D eigenvalue weighted by Gasteiger charge is 2.39. The summed E-state index contributed by atoms with van der Waals surface area (Å²) in [6.07, 6.45) is 4.54. The van der Waals surface area contributed by atoms with Crippen LogP contribution in [0.4, 0.5) is 0 Å². The molecule has 2 aliphatic heterocycles. The zero-order chi connectivity index (χ0) is 14.1. The van der Waals surface area contributed by atoms with Gasteiger partial charge in [-0.2, -0.15) is 5.26 Å². The number of hydrogen-bond acceptors (Lipinski definition) is 6. The van der Waals surface area contributed by atoms with Gasteiger partial charge in [-0.05, 0) is 19.9 Å². The fraction of sp³-hybridized carbons (Fsp3) is 0.571. The first-order valence-corrected chi connectivity index (χ1v) is 6.75. The maximum absolute atomic E-state index is 12.5. The van der Waals surface area contributed by atoms with Gasteiger partial charge in [0.1, 0.15) is 6.07 Å². The van der Waals surface area contributed by atoms with Crippen LogP contribution < -0.4 is 0 Å². The third-order valence-electron chi connectivity index (χ3n) is 4.29. The van der Waals surface area contributed by atoms with Crippen LogP contribution in [0.1, 0.15) is 29.0 Å². The van der Waals surface area contributed by atoms with E-state index in [1.807, 2.05) is 6.07 Å². The zero-order valence-electron chi connectivity index (χ0n) is 11.3. The number of fused-ring (bicyclic) bond motifs is 2. The molecule has 0 spiro atoms. The number of ether oxygens (including phenoxy) is 1. The highest BCUT2D eigenvalue weighted by molar-refractivity contribution is 5.97. The molecule has 2 aliphatic rings. The van der Waals surface area contributed by atoms with Crippen LogP contribution in [0.2, 0.25) is 0 Å². The van der Waals surface area contributed by atoms with Crippen LogP contribution in [-0.2, 0) is 4.74 Å². The van der Waals surface area contributed by atoms with Gasteiger partial charge in [0.25, 0.3) is 0 Å². The number of nitrogens with zero attached hydrogens (tertiary/aromatic N) is 4. The number of likely N-dealkylation sites (N-methyl/N-ethyl adjacent to an activating group) is 1. The van der Waals surface area contributed by atoms with Crippen LogP contribution in [0, 0.1) is 17.2 Å². The molecule has 1 aromatic rings. The fourth-order valence-corrected chi connectivity index (χ4v) is 3.06. The molecule has 0 saturated carbocycles. The summed E-state index contributed by atoms with van der Waals surface area (Å²) in [7, 11) is 2.10. The summed E-state index contributed by atoms with van der Waals surface area (Å²) in [6.45, 7) is 1.39. The molecule has 3 heterocycles. The van der Waals surface area contributed by atoms with Gasteiger partial charge in [-0.3, -0.25) is 9.69 Å². The summed E-state index contributed by atoms with van der Waals surface area (Å²) in [5, 5.41) is 8.67. The van der Waals surface area contributed by atoms with Gasteiger partial charge < -0.3 is 4.74 Å². The molecule has 20 heavy (non-hydrogen) atoms. The predicted octanol–water partition coefficient (Wildman–Crippen LogP) is 0.640. The van der Waals surface area contributed by atoms with Gasteiger partial charge in [0.2, 0.25) is 5.82 Å². The largest absolute Gasteiger partial charge is 0.378 e. The SMILES string of the molecule is CN1C2COCC1CC(C(=O)c1cnc(C#N)nc1)C2. The van der Waals surface area contributed by atoms with Crippen molar-refractivity contribution in [2.75, 3.05) is 20.3 Å². The molecule has 104 valence electrons. The zero-order valence-corrected chi connectivity index (χ0v) is 11.3. The molecular formula is C14H16N4O2. The van der Waals surface area contributed by atoms with Crippen LogP contribution in [0.3, 0.4) is 0 Å². The Labute approximate surface area is 117 Å². The maximum atomic E-state index is 12.5. The molecule has 2 saturated heterocycles. The van der Waals surface area contributed by atoms with Gasteiger partial charge in [-0.15, -0.1) is 0 Å². The van der Waals surface area contributed by atoms with Crippen LogP contribution in [0.5, 0.6) is 0 Å². The predicted molar refractivity (Wildman–Crippen MR) is 70.0 cm³/mol. The molecule has 0 N–H and O–H groups in total. The van der Waals surface area contributed by atoms with E-state index in [2.05, 4.69) is 21.9 Å². The highest BCUT2D eigenvalue weighted by Crippen LogP contribution is 2.32. The Kier molecular flexibility index (Phi) is 3.47. The van der Waals surface area contributed by atoms with E-state index in [-0.39, 0.29) is 17.5 Å². The van der Waals surface area contributed by atoms with Gasteiger partial charge in [0.05, 0.1) is 18.8 Å². The van der Waals surface area contributed by atoms with Gasteiger partial charge in [0, 0.05) is 30.4 Å². The first kappa shape index (κ1) is 13.2. The topological polar surface area (TPSA) is 79.1 Å². The number of aromatic nitrogens is 2. The standard InChI is InChI=1S/C14H16N4O2/c1-18-11-2-9(3-12(18)8-20-7-11)14(19)10-5-16-13(4-15)17-6-10/h5-6,9,11-12H,2-3,7-8H2,1H3. The van der Waals surface area contributed by atoms with Crippen LogP contribution in [0.25, 0.3) is 0 Å². The lowest BCUT2D eigenvalue weighted by Gasteiger charge is -2.46. The Hall–Kier alpha value is -1.84. The molecule has 6 heteroatoms. The van der Waals surface area contributed by atoms with E-state index < -0.39 is 0 Å². The first-order valence-electron chi connectivity index (χ1n) is 6.75. The average Bonchev–Trinajstić information content (AvgIpc) is 2.46. The smallest absolute Gasteiger partial charge is 0.232 e. The van der Waals surface area contributed by atoms with Crippen molar-refractivity contribution in [2.24, 2.45) is 5.92 Å². The van der Waals surface area contributed by atoms with Crippen molar-refractivity contribution < 1.29 is 9.53 Å². The highest BCUT2D eigenvalue weighted by atomic mass is 16.5. The molecule has 0 amide bonds. The van der Waals surface area contributed by atoms with Gasteiger partial charge in [0.15, 0.2) is 5.78 Å². The number of carbonyl (C=O) groups is 1. The summed E-state index contributed by atoms with van der Waals surface area (Å²) in [4.78, 5) is 22.6. The second-order valence-corrected chi connectivity index (χ2v) is 5.45. The van der Waals surface area contributed by atoms with Crippen molar-refractivity contribution in [1.29, 1.82) is 5.26 Å². The average molecular weight is 272 g/mol. The minimum absolute atomic E-state index is 0.00151. The van der Waals surface area contributed by atoms with E-state index in [4.69, 9.17) is 10.00 Å². The lowest BCUT2D eigenvalue weighted by Crippen LogP contribution is -2.55. The molecule has 1 aromatic heterocycles. The van der Waals surface area contributed by atoms with Crippen LogP contribution in [-0.4, -0.2) is 53.0 Å². The molecule has 6 nitrogen and oxygen atoms in total. The van der Waals surface area contributed by atoms with E-state index in [1.54, 1.807) is 0 Å². The lowest BCUT2D eigenvalue weighted by atomic mass is 9.81. The molecule has 0 aromatic carbocycles. The van der Waals surface area contributed by atoms with Crippen molar-refractivity contribution >= 4 is 5.78 Å². The minimum Gasteiger partial charge on any atom is -0.378 e. The molecule has 0 aliphatic carbocycles. The molecule has 2 fully saturated rings. The van der Waals surface area contributed by atoms with Crippen molar-refractivity contribution in [2.45, 2.75) is 24.9 Å². The van der Waals surface area contributed by atoms with E-state index in [0.29, 0.717) is 30.9 Å². The normalized spacial score (nSPS) is 29.7. The van der Waals surface area contributed by atoms with Gasteiger partial charge >= 0.3 is 0 Å². The number of rotatable bonds is 2. The summed E-state index contributed by atoms with van der Waals surface area (Å²) < 4.78 is 5.56. The molecule has 3 rings (SSSR count). The number of nitriles is 1. The molecular weight excluding hydrogens is 256 g/mol. The third kappa shape index (κ3) is 2.30. The Balaban J connectivity index is 1.76. The Bertz CT molecular complexity index is 537. The quantitative estimate of drug-likeness (QED) is 0.735. The van der Waals surface area contributed by atoms with Crippen molar-refractivity contribution in [3.63, 3.8) is 0 Å². The molecule has 2 bridgehead atoms. The van der Waals surface area contributed by atoms with Crippen molar-refractivity contribution in [3.05, 3.63) is 23.8 Å². The lowest BCUT2D eigenvalue weighted by molar-refractivity contribution is -0.0702. The Morgan fingerprint density at radius 1 is 1.35 bits per heavy atom. The van der Waals surface area contributed by atoms with E-state index >= 15 is 0 Å². The molecule has 2 unspecified atom stereocenters. The Morgan fingerprint density at radius 2 is 1.95 bits per heavy atom. The third-order valence-corrected chi connectivity index (χ3v) is 4.29. The van der Waals surface area contributed by atoms with Crippen LogP contribution >= 0.6 is 0 Å². The van der Waals surface area contributed by atoms with Gasteiger partial charge in [-0.1, -0.05) is 0 Å². The van der Waals surface area contributed by atoms with E-state index in [1.165, 1.54) is 12.4 Å². The number of carbonyl (C=O) groups excluding carboxylic acids is 1. The summed E-state index contributed by atoms with van der Waals surface area (Å²) in [6, 6.07) is 2.49. The van der Waals surface area contributed by atoms with Crippen molar-refractivity contribution in [3.8, 4) is 6.07 Å². The second kappa shape index (κ2) is 5.27. The van der Waals surface area contributed by atoms with E-state index in [9.17, 15) is 4.79 Å². The molecule has 2 atom stereocenters. The monoisotopic (exact) mass is 272 g/mol. The summed E-state index contributed by atoms with van der Waals surface area (Å²) >= 11 is 0. The first-order chi connectivity index (χ1) is 9.69. The fourth-order valence-electron chi connectivity index (χ4n) is 3.06. The van der Waals surface area contributed by atoms with E-state index in [0.717, 1.165) is 12.8 Å². The second-order valence-electron chi connectivity index (χ2n) is 5.45. The molecule has 0 radical (unpaired) electrons. The minimum atomic E-state index is 0.00151. The number of ketones is 1. The van der Waals surface area contributed by atoms with Crippen LogP contribution in [0.15, 0.2) is 12.4 Å². The summed E-state index contributed by atoms with van der Waals surface area (Å²) in [5.41, 5.74) is 0.498. The number of piperidine rings is 1. The number of morpholine rings is 1. The number of Topliss-reactive ketones (excluding diaryl/α,β-unsaturated/α-hetero) is 1. The Morgan fingerprint density at radius 3 is 2.50 bits per heavy atom.